The number of fused-ring (bicyclic) bond motifs is 1. The highest BCUT2D eigenvalue weighted by atomic mass is 19.1. The van der Waals surface area contributed by atoms with Crippen LogP contribution in [0.1, 0.15) is 42.6 Å². The van der Waals surface area contributed by atoms with Gasteiger partial charge in [0.05, 0.1) is 11.7 Å². The van der Waals surface area contributed by atoms with E-state index < -0.39 is 11.7 Å². The van der Waals surface area contributed by atoms with E-state index in [0.29, 0.717) is 39.0 Å². The number of β-amino-alcohol motifs (C(OH)–C–C–N with tert-alkyl or cyclic N) is 1. The normalized spacial score (nSPS) is 19.8. The van der Waals surface area contributed by atoms with E-state index in [-0.39, 0.29) is 11.7 Å². The van der Waals surface area contributed by atoms with Gasteiger partial charge in [0.25, 0.3) is 0 Å². The van der Waals surface area contributed by atoms with E-state index in [4.69, 9.17) is 0 Å². The molecule has 2 aromatic carbocycles. The molecule has 0 unspecified atom stereocenters. The van der Waals surface area contributed by atoms with Crippen molar-refractivity contribution in [3.8, 4) is 0 Å². The summed E-state index contributed by atoms with van der Waals surface area (Å²) in [6, 6.07) is 11.9. The predicted molar refractivity (Wildman–Crippen MR) is 109 cm³/mol. The molecule has 2 N–H and O–H groups in total. The van der Waals surface area contributed by atoms with Crippen LogP contribution < -0.4 is 4.90 Å². The summed E-state index contributed by atoms with van der Waals surface area (Å²) in [5.41, 5.74) is 2.69. The molecule has 1 saturated heterocycles. The summed E-state index contributed by atoms with van der Waals surface area (Å²) in [6.45, 7) is 4.08. The predicted octanol–water partition coefficient (Wildman–Crippen LogP) is 2.75. The van der Waals surface area contributed by atoms with E-state index in [1.165, 1.54) is 12.1 Å². The highest BCUT2D eigenvalue weighted by molar-refractivity contribution is 5.93. The minimum Gasteiger partial charge on any atom is -0.387 e. The van der Waals surface area contributed by atoms with Gasteiger partial charge in [0.1, 0.15) is 5.82 Å². The van der Waals surface area contributed by atoms with Crippen molar-refractivity contribution in [1.29, 1.82) is 0 Å². The smallest absolute Gasteiger partial charge is 0.223 e. The summed E-state index contributed by atoms with van der Waals surface area (Å²) < 4.78 is 13.2. The standard InChI is InChI=1S/C23H27FN2O3/c1-16(27)26-11-8-17-14-18(2-7-21(17)26)22(28)15-25-12-9-23(29,10-13-25)19-3-5-20(24)6-4-19/h2-7,14,22,28-29H,8-13,15H2,1H3/t22-/m0/s1. The molecule has 5 nitrogen and oxygen atoms in total. The Balaban J connectivity index is 1.37. The highest BCUT2D eigenvalue weighted by Crippen LogP contribution is 2.34. The molecule has 29 heavy (non-hydrogen) atoms. The molecule has 0 spiro atoms. The molecular formula is C23H27FN2O3. The number of nitrogens with zero attached hydrogens (tertiary/aromatic N) is 2. The van der Waals surface area contributed by atoms with Crippen LogP contribution in [0.5, 0.6) is 0 Å². The van der Waals surface area contributed by atoms with Crippen LogP contribution in [0.3, 0.4) is 0 Å². The van der Waals surface area contributed by atoms with Crippen molar-refractivity contribution in [3.63, 3.8) is 0 Å². The monoisotopic (exact) mass is 398 g/mol. The number of benzene rings is 2. The summed E-state index contributed by atoms with van der Waals surface area (Å²) in [6.07, 6.45) is 1.28. The molecule has 154 valence electrons. The number of carbonyl (C=O) groups excluding carboxylic acids is 1. The van der Waals surface area contributed by atoms with E-state index in [0.717, 1.165) is 28.8 Å². The number of rotatable bonds is 4. The van der Waals surface area contributed by atoms with Gasteiger partial charge in [-0.25, -0.2) is 4.39 Å². The summed E-state index contributed by atoms with van der Waals surface area (Å²) in [5.74, 6) is -0.266. The molecule has 1 fully saturated rings. The summed E-state index contributed by atoms with van der Waals surface area (Å²) in [5, 5.41) is 21.7. The van der Waals surface area contributed by atoms with Gasteiger partial charge in [-0.2, -0.15) is 0 Å². The van der Waals surface area contributed by atoms with Gasteiger partial charge in [0.15, 0.2) is 0 Å². The average molecular weight is 398 g/mol. The molecule has 0 saturated carbocycles. The van der Waals surface area contributed by atoms with E-state index >= 15 is 0 Å². The first-order valence-electron chi connectivity index (χ1n) is 10.2. The molecule has 2 heterocycles. The molecule has 2 aliphatic heterocycles. The summed E-state index contributed by atoms with van der Waals surface area (Å²) >= 11 is 0. The Labute approximate surface area is 170 Å². The Morgan fingerprint density at radius 1 is 1.14 bits per heavy atom. The van der Waals surface area contributed by atoms with Gasteiger partial charge in [-0.3, -0.25) is 4.79 Å². The first-order chi connectivity index (χ1) is 13.9. The minimum absolute atomic E-state index is 0.0407. The highest BCUT2D eigenvalue weighted by Gasteiger charge is 2.34. The fourth-order valence-electron chi connectivity index (χ4n) is 4.46. The van der Waals surface area contributed by atoms with Crippen LogP contribution in [0.4, 0.5) is 10.1 Å². The third kappa shape index (κ3) is 4.06. The van der Waals surface area contributed by atoms with Crippen LogP contribution in [0.25, 0.3) is 0 Å². The molecule has 0 aliphatic carbocycles. The first-order valence-corrected chi connectivity index (χ1v) is 10.2. The van der Waals surface area contributed by atoms with Crippen molar-refractivity contribution in [2.45, 2.75) is 37.9 Å². The number of piperidine rings is 1. The Kier molecular flexibility index (Phi) is 5.42. The molecule has 1 amide bonds. The Hall–Kier alpha value is -2.28. The van der Waals surface area contributed by atoms with E-state index in [1.54, 1.807) is 24.0 Å². The molecular weight excluding hydrogens is 371 g/mol. The zero-order valence-electron chi connectivity index (χ0n) is 16.6. The Morgan fingerprint density at radius 3 is 2.48 bits per heavy atom. The van der Waals surface area contributed by atoms with Crippen molar-refractivity contribution in [2.24, 2.45) is 0 Å². The largest absolute Gasteiger partial charge is 0.387 e. The van der Waals surface area contributed by atoms with Crippen molar-refractivity contribution in [3.05, 3.63) is 65.0 Å². The molecule has 4 rings (SSSR count). The van der Waals surface area contributed by atoms with E-state index in [9.17, 15) is 19.4 Å². The second-order valence-electron chi connectivity index (χ2n) is 8.16. The van der Waals surface area contributed by atoms with Crippen LogP contribution in [-0.4, -0.2) is 47.2 Å². The number of anilines is 1. The number of amides is 1. The molecule has 6 heteroatoms. The lowest BCUT2D eigenvalue weighted by Gasteiger charge is -2.39. The van der Waals surface area contributed by atoms with Gasteiger partial charge in [-0.15, -0.1) is 0 Å². The van der Waals surface area contributed by atoms with Gasteiger partial charge in [-0.05, 0) is 54.2 Å². The molecule has 0 aromatic heterocycles. The van der Waals surface area contributed by atoms with Gasteiger partial charge >= 0.3 is 0 Å². The zero-order valence-corrected chi connectivity index (χ0v) is 16.6. The second-order valence-corrected chi connectivity index (χ2v) is 8.16. The lowest BCUT2D eigenvalue weighted by atomic mass is 9.84. The van der Waals surface area contributed by atoms with Crippen molar-refractivity contribution >= 4 is 11.6 Å². The van der Waals surface area contributed by atoms with E-state index in [2.05, 4.69) is 4.90 Å². The number of hydrogen-bond donors (Lipinski definition) is 2. The maximum absolute atomic E-state index is 13.2. The van der Waals surface area contributed by atoms with Crippen molar-refractivity contribution < 1.29 is 19.4 Å². The topological polar surface area (TPSA) is 64.0 Å². The van der Waals surface area contributed by atoms with Gasteiger partial charge in [0.2, 0.25) is 5.91 Å². The van der Waals surface area contributed by atoms with Crippen molar-refractivity contribution in [2.75, 3.05) is 31.1 Å². The SMILES string of the molecule is CC(=O)N1CCc2cc([C@@H](O)CN3CCC(O)(c4ccc(F)cc4)CC3)ccc21. The number of aliphatic hydroxyl groups excluding tert-OH is 1. The minimum atomic E-state index is -0.946. The van der Waals surface area contributed by atoms with Crippen molar-refractivity contribution in [1.82, 2.24) is 4.90 Å². The van der Waals surface area contributed by atoms with Gasteiger partial charge in [-0.1, -0.05) is 24.3 Å². The third-order valence-electron chi connectivity index (χ3n) is 6.26. The number of hydrogen-bond acceptors (Lipinski definition) is 4. The first kappa shape index (κ1) is 20.0. The van der Waals surface area contributed by atoms with Crippen LogP contribution in [0.2, 0.25) is 0 Å². The van der Waals surface area contributed by atoms with Crippen LogP contribution in [-0.2, 0) is 16.8 Å². The lowest BCUT2D eigenvalue weighted by Crippen LogP contribution is -2.44. The van der Waals surface area contributed by atoms with Crippen LogP contribution >= 0.6 is 0 Å². The summed E-state index contributed by atoms with van der Waals surface area (Å²) in [4.78, 5) is 15.6. The molecule has 0 bridgehead atoms. The number of likely N-dealkylation sites (tertiary alicyclic amines) is 1. The maximum atomic E-state index is 13.2. The Bertz CT molecular complexity index is 891. The lowest BCUT2D eigenvalue weighted by molar-refractivity contribution is -0.116. The van der Waals surface area contributed by atoms with Gasteiger partial charge in [0, 0.05) is 38.8 Å². The quantitative estimate of drug-likeness (QED) is 0.831. The number of aliphatic hydroxyl groups is 2. The van der Waals surface area contributed by atoms with Crippen LogP contribution in [0, 0.1) is 5.82 Å². The molecule has 1 atom stereocenters. The van der Waals surface area contributed by atoms with Crippen LogP contribution in [0.15, 0.2) is 42.5 Å². The Morgan fingerprint density at radius 2 is 1.83 bits per heavy atom. The molecule has 0 radical (unpaired) electrons. The average Bonchev–Trinajstić information content (AvgIpc) is 3.14. The maximum Gasteiger partial charge on any atom is 0.223 e. The fourth-order valence-corrected chi connectivity index (χ4v) is 4.46. The summed E-state index contributed by atoms with van der Waals surface area (Å²) in [7, 11) is 0. The molecule has 2 aliphatic rings. The number of halogens is 1. The van der Waals surface area contributed by atoms with E-state index in [1.807, 2.05) is 18.2 Å². The third-order valence-corrected chi connectivity index (χ3v) is 6.26. The molecule has 2 aromatic rings. The van der Waals surface area contributed by atoms with Gasteiger partial charge < -0.3 is 20.0 Å². The second kappa shape index (κ2) is 7.86. The zero-order chi connectivity index (χ0) is 20.6. The number of carbonyl (C=O) groups is 1. The fraction of sp³-hybridized carbons (Fsp3) is 0.435.